The second kappa shape index (κ2) is 6.89. The first-order valence-corrected chi connectivity index (χ1v) is 6.89. The van der Waals surface area contributed by atoms with Crippen LogP contribution in [0.25, 0.3) is 0 Å². The van der Waals surface area contributed by atoms with Gasteiger partial charge in [0.05, 0.1) is 31.6 Å². The predicted molar refractivity (Wildman–Crippen MR) is 75.9 cm³/mol. The number of pyridine rings is 1. The summed E-state index contributed by atoms with van der Waals surface area (Å²) in [6.45, 7) is 0. The van der Waals surface area contributed by atoms with E-state index in [4.69, 9.17) is 14.6 Å². The third kappa shape index (κ3) is 3.82. The molecule has 0 amide bonds. The average Bonchev–Trinajstić information content (AvgIpc) is 2.52. The summed E-state index contributed by atoms with van der Waals surface area (Å²) in [5.74, 6) is 0.576. The van der Waals surface area contributed by atoms with Crippen LogP contribution in [0.2, 0.25) is 0 Å². The Hall–Kier alpha value is -2.35. The molecule has 0 aliphatic carbocycles. The Bertz CT molecular complexity index is 629. The number of rotatable bonds is 6. The number of thioether (sulfide) groups is 1. The molecule has 0 atom stereocenters. The molecule has 0 aliphatic rings. The van der Waals surface area contributed by atoms with Crippen LogP contribution in [0.4, 0.5) is 0 Å². The first-order valence-electron chi connectivity index (χ1n) is 5.91. The Kier molecular flexibility index (Phi) is 4.94. The topological polar surface area (TPSA) is 94.4 Å². The molecule has 0 fully saturated rings. The Labute approximate surface area is 125 Å². The number of carboxylic acids is 1. The number of ether oxygens (including phenoxy) is 2. The van der Waals surface area contributed by atoms with E-state index in [1.54, 1.807) is 18.3 Å². The lowest BCUT2D eigenvalue weighted by atomic mass is 10.3. The van der Waals surface area contributed by atoms with E-state index in [1.807, 2.05) is 0 Å². The minimum absolute atomic E-state index is 0.150. The predicted octanol–water partition coefficient (Wildman–Crippen LogP) is 1.88. The van der Waals surface area contributed by atoms with Crippen LogP contribution in [-0.4, -0.2) is 40.2 Å². The van der Waals surface area contributed by atoms with Crippen molar-refractivity contribution in [3.8, 4) is 11.8 Å². The summed E-state index contributed by atoms with van der Waals surface area (Å²) in [5, 5.41) is 9.52. The Morgan fingerprint density at radius 2 is 1.95 bits per heavy atom. The maximum atomic E-state index is 11.1. The van der Waals surface area contributed by atoms with E-state index in [2.05, 4.69) is 15.0 Å². The molecule has 21 heavy (non-hydrogen) atoms. The van der Waals surface area contributed by atoms with Crippen LogP contribution >= 0.6 is 11.8 Å². The molecule has 2 aromatic heterocycles. The first kappa shape index (κ1) is 15.0. The maximum absolute atomic E-state index is 11.1. The van der Waals surface area contributed by atoms with Gasteiger partial charge in [-0.25, -0.2) is 9.78 Å². The highest BCUT2D eigenvalue weighted by atomic mass is 32.2. The molecule has 0 aromatic carbocycles. The van der Waals surface area contributed by atoms with E-state index in [0.29, 0.717) is 28.4 Å². The Morgan fingerprint density at radius 3 is 2.52 bits per heavy atom. The number of hydrogen-bond acceptors (Lipinski definition) is 7. The van der Waals surface area contributed by atoms with Crippen molar-refractivity contribution >= 4 is 17.7 Å². The quantitative estimate of drug-likeness (QED) is 0.808. The second-order valence-electron chi connectivity index (χ2n) is 3.82. The fraction of sp³-hybridized carbons (Fsp3) is 0.231. The lowest BCUT2D eigenvalue weighted by Gasteiger charge is -2.07. The molecule has 0 spiro atoms. The van der Waals surface area contributed by atoms with Crippen molar-refractivity contribution in [3.63, 3.8) is 0 Å². The summed E-state index contributed by atoms with van der Waals surface area (Å²) in [5.41, 5.74) is 0.150. The van der Waals surface area contributed by atoms with E-state index in [-0.39, 0.29) is 5.56 Å². The summed E-state index contributed by atoms with van der Waals surface area (Å²) in [7, 11) is 3.00. The summed E-state index contributed by atoms with van der Waals surface area (Å²) >= 11 is 1.24. The molecule has 2 aromatic rings. The summed E-state index contributed by atoms with van der Waals surface area (Å²) in [4.78, 5) is 23.5. The molecule has 2 rings (SSSR count). The van der Waals surface area contributed by atoms with Gasteiger partial charge in [0.25, 0.3) is 0 Å². The largest absolute Gasteiger partial charge is 0.481 e. The van der Waals surface area contributed by atoms with Gasteiger partial charge in [-0.1, -0.05) is 11.8 Å². The van der Waals surface area contributed by atoms with Crippen molar-refractivity contribution in [1.82, 2.24) is 15.0 Å². The Balaban J connectivity index is 2.18. The fourth-order valence-corrected chi connectivity index (χ4v) is 2.37. The van der Waals surface area contributed by atoms with Crippen molar-refractivity contribution in [2.45, 2.75) is 10.8 Å². The zero-order chi connectivity index (χ0) is 15.2. The van der Waals surface area contributed by atoms with Crippen molar-refractivity contribution in [1.29, 1.82) is 0 Å². The molecule has 0 saturated heterocycles. The number of carboxylic acid groups (broad SMARTS) is 1. The third-order valence-corrected chi connectivity index (χ3v) is 3.48. The van der Waals surface area contributed by atoms with Gasteiger partial charge in [-0.3, -0.25) is 0 Å². The van der Waals surface area contributed by atoms with Gasteiger partial charge in [0.1, 0.15) is 10.9 Å². The van der Waals surface area contributed by atoms with Crippen LogP contribution < -0.4 is 9.47 Å². The molecule has 0 unspecified atom stereocenters. The molecule has 8 heteroatoms. The van der Waals surface area contributed by atoms with E-state index < -0.39 is 5.97 Å². The van der Waals surface area contributed by atoms with Gasteiger partial charge in [0.15, 0.2) is 0 Å². The number of carbonyl (C=O) groups is 1. The second-order valence-corrected chi connectivity index (χ2v) is 4.78. The number of aromatic carboxylic acids is 1. The van der Waals surface area contributed by atoms with Crippen LogP contribution in [0.5, 0.6) is 11.8 Å². The molecule has 0 bridgehead atoms. The van der Waals surface area contributed by atoms with Crippen LogP contribution in [0.15, 0.2) is 29.4 Å². The molecule has 0 radical (unpaired) electrons. The minimum atomic E-state index is -1.02. The number of nitrogens with zero attached hydrogens (tertiary/aromatic N) is 3. The SMILES string of the molecule is COc1cc(OC)nc(CSc2ncccc2C(=O)O)n1. The van der Waals surface area contributed by atoms with Crippen LogP contribution in [0, 0.1) is 0 Å². The number of hydrogen-bond donors (Lipinski definition) is 1. The van der Waals surface area contributed by atoms with Gasteiger partial charge in [-0.05, 0) is 12.1 Å². The van der Waals surface area contributed by atoms with E-state index >= 15 is 0 Å². The summed E-state index contributed by atoms with van der Waals surface area (Å²) in [6.07, 6.45) is 1.54. The third-order valence-electron chi connectivity index (χ3n) is 2.48. The lowest BCUT2D eigenvalue weighted by molar-refractivity contribution is 0.0692. The average molecular weight is 307 g/mol. The zero-order valence-corrected chi connectivity index (χ0v) is 12.3. The van der Waals surface area contributed by atoms with Gasteiger partial charge >= 0.3 is 5.97 Å². The minimum Gasteiger partial charge on any atom is -0.481 e. The smallest absolute Gasteiger partial charge is 0.338 e. The van der Waals surface area contributed by atoms with Gasteiger partial charge in [0.2, 0.25) is 11.8 Å². The highest BCUT2D eigenvalue weighted by molar-refractivity contribution is 7.98. The molecule has 1 N–H and O–H groups in total. The number of methoxy groups -OCH3 is 2. The van der Waals surface area contributed by atoms with E-state index in [0.717, 1.165) is 0 Å². The van der Waals surface area contributed by atoms with E-state index in [1.165, 1.54) is 32.0 Å². The van der Waals surface area contributed by atoms with E-state index in [9.17, 15) is 4.79 Å². The van der Waals surface area contributed by atoms with Crippen molar-refractivity contribution in [2.24, 2.45) is 0 Å². The highest BCUT2D eigenvalue weighted by Gasteiger charge is 2.13. The first-order chi connectivity index (χ1) is 10.1. The molecule has 0 saturated carbocycles. The number of aromatic nitrogens is 3. The molecule has 110 valence electrons. The standard InChI is InChI=1S/C13H13N3O4S/c1-19-10-6-11(20-2)16-9(15-10)7-21-12-8(13(17)18)4-3-5-14-12/h3-6H,7H2,1-2H3,(H,17,18). The van der Waals surface area contributed by atoms with Crippen LogP contribution in [0.3, 0.4) is 0 Å². The molecule has 7 nitrogen and oxygen atoms in total. The van der Waals surface area contributed by atoms with Gasteiger partial charge < -0.3 is 14.6 Å². The summed E-state index contributed by atoms with van der Waals surface area (Å²) in [6, 6.07) is 4.65. The molecular weight excluding hydrogens is 294 g/mol. The highest BCUT2D eigenvalue weighted by Crippen LogP contribution is 2.24. The van der Waals surface area contributed by atoms with Gasteiger partial charge in [-0.15, -0.1) is 0 Å². The normalized spacial score (nSPS) is 10.2. The van der Waals surface area contributed by atoms with Crippen LogP contribution in [0.1, 0.15) is 16.2 Å². The molecule has 0 aliphatic heterocycles. The van der Waals surface area contributed by atoms with Crippen molar-refractivity contribution in [3.05, 3.63) is 35.8 Å². The molecule has 2 heterocycles. The van der Waals surface area contributed by atoms with Crippen molar-refractivity contribution in [2.75, 3.05) is 14.2 Å². The summed E-state index contributed by atoms with van der Waals surface area (Å²) < 4.78 is 10.1. The monoisotopic (exact) mass is 307 g/mol. The van der Waals surface area contributed by atoms with Crippen LogP contribution in [-0.2, 0) is 5.75 Å². The molecular formula is C13H13N3O4S. The fourth-order valence-electron chi connectivity index (χ4n) is 1.52. The van der Waals surface area contributed by atoms with Gasteiger partial charge in [0, 0.05) is 6.20 Å². The zero-order valence-electron chi connectivity index (χ0n) is 11.4. The van der Waals surface area contributed by atoms with Gasteiger partial charge in [-0.2, -0.15) is 9.97 Å². The maximum Gasteiger partial charge on any atom is 0.338 e. The Morgan fingerprint density at radius 1 is 1.29 bits per heavy atom. The lowest BCUT2D eigenvalue weighted by Crippen LogP contribution is -2.02. The van der Waals surface area contributed by atoms with Crippen molar-refractivity contribution < 1.29 is 19.4 Å².